The van der Waals surface area contributed by atoms with E-state index in [4.69, 9.17) is 4.74 Å². The van der Waals surface area contributed by atoms with Crippen LogP contribution in [-0.2, 0) is 14.3 Å². The van der Waals surface area contributed by atoms with Gasteiger partial charge in [0.05, 0.1) is 25.4 Å². The molecule has 0 aliphatic carbocycles. The molecule has 2 atom stereocenters. The molecule has 0 spiro atoms. The third kappa shape index (κ3) is 53.8. The van der Waals surface area contributed by atoms with Crippen LogP contribution in [0.25, 0.3) is 0 Å². The zero-order valence-corrected chi connectivity index (χ0v) is 45.4. The van der Waals surface area contributed by atoms with E-state index < -0.39 is 12.1 Å². The van der Waals surface area contributed by atoms with E-state index in [9.17, 15) is 19.8 Å². The molecule has 6 nitrogen and oxygen atoms in total. The van der Waals surface area contributed by atoms with Gasteiger partial charge in [0.2, 0.25) is 5.91 Å². The highest BCUT2D eigenvalue weighted by atomic mass is 16.5. The van der Waals surface area contributed by atoms with Gasteiger partial charge in [-0.15, -0.1) is 0 Å². The molecule has 0 aliphatic rings. The number of amides is 1. The summed E-state index contributed by atoms with van der Waals surface area (Å²) < 4.78 is 5.48. The molecule has 3 N–H and O–H groups in total. The Labute approximate surface area is 419 Å². The Morgan fingerprint density at radius 3 is 1.01 bits per heavy atom. The van der Waals surface area contributed by atoms with Gasteiger partial charge in [0.1, 0.15) is 0 Å². The number of rotatable bonds is 57. The molecule has 6 heteroatoms. The average molecular weight is 947 g/mol. The van der Waals surface area contributed by atoms with Crippen LogP contribution in [0.4, 0.5) is 0 Å². The Bertz CT molecular complexity index is 1000. The summed E-state index contributed by atoms with van der Waals surface area (Å²) in [4.78, 5) is 24.5. The first-order valence-corrected chi connectivity index (χ1v) is 30.5. The van der Waals surface area contributed by atoms with E-state index >= 15 is 0 Å². The highest BCUT2D eigenvalue weighted by Crippen LogP contribution is 2.18. The van der Waals surface area contributed by atoms with Gasteiger partial charge in [0, 0.05) is 12.8 Å². The molecule has 0 radical (unpaired) electrons. The van der Waals surface area contributed by atoms with Gasteiger partial charge in [-0.1, -0.05) is 309 Å². The van der Waals surface area contributed by atoms with Gasteiger partial charge in [-0.05, 0) is 32.1 Å². The molecule has 0 saturated heterocycles. The minimum Gasteiger partial charge on any atom is -0.466 e. The maximum absolute atomic E-state index is 12.5. The Morgan fingerprint density at radius 2 is 0.687 bits per heavy atom. The number of nitrogens with one attached hydrogen (secondary N) is 1. The SMILES string of the molecule is CCCCCCCCCCCCCCCCCCC/C=C/C(O)C(CO)NC(=O)CCCCCCCCCCCCCCCCCCCOC(=O)CCCCCCCCCCCCCCCC. The predicted octanol–water partition coefficient (Wildman–Crippen LogP) is 18.9. The predicted molar refractivity (Wildman–Crippen MR) is 292 cm³/mol. The van der Waals surface area contributed by atoms with Gasteiger partial charge < -0.3 is 20.3 Å². The van der Waals surface area contributed by atoms with E-state index in [-0.39, 0.29) is 18.5 Å². The number of hydrogen-bond donors (Lipinski definition) is 3. The van der Waals surface area contributed by atoms with Crippen LogP contribution in [-0.4, -0.2) is 47.4 Å². The largest absolute Gasteiger partial charge is 0.466 e. The van der Waals surface area contributed by atoms with Gasteiger partial charge in [-0.25, -0.2) is 0 Å². The number of allylic oxidation sites excluding steroid dienone is 1. The number of carbonyl (C=O) groups excluding carboxylic acids is 2. The summed E-state index contributed by atoms with van der Waals surface area (Å²) in [5, 5.41) is 23.2. The number of aliphatic hydroxyl groups is 2. The van der Waals surface area contributed by atoms with Crippen molar-refractivity contribution in [3.63, 3.8) is 0 Å². The molecular weight excluding hydrogens is 827 g/mol. The highest BCUT2D eigenvalue weighted by molar-refractivity contribution is 5.76. The van der Waals surface area contributed by atoms with Crippen molar-refractivity contribution in [3.05, 3.63) is 12.2 Å². The molecule has 0 heterocycles. The molecule has 0 saturated carbocycles. The monoisotopic (exact) mass is 946 g/mol. The molecular formula is C61H119NO5. The Morgan fingerprint density at radius 1 is 0.403 bits per heavy atom. The lowest BCUT2D eigenvalue weighted by molar-refractivity contribution is -0.143. The molecule has 2 unspecified atom stereocenters. The molecule has 0 aromatic carbocycles. The Kier molecular flexibility index (Phi) is 56.0. The van der Waals surface area contributed by atoms with E-state index in [2.05, 4.69) is 19.2 Å². The van der Waals surface area contributed by atoms with E-state index in [1.807, 2.05) is 6.08 Å². The molecule has 0 aliphatic heterocycles. The summed E-state index contributed by atoms with van der Waals surface area (Å²) in [6, 6.07) is -0.631. The number of hydrogen-bond acceptors (Lipinski definition) is 5. The molecule has 0 aromatic heterocycles. The Balaban J connectivity index is 3.43. The van der Waals surface area contributed by atoms with E-state index in [0.717, 1.165) is 38.5 Å². The van der Waals surface area contributed by atoms with Crippen LogP contribution < -0.4 is 5.32 Å². The summed E-state index contributed by atoms with van der Waals surface area (Å²) in [5.74, 6) is -0.0624. The topological polar surface area (TPSA) is 95.9 Å². The number of aliphatic hydroxyl groups excluding tert-OH is 2. The fraction of sp³-hybridized carbons (Fsp3) is 0.934. The van der Waals surface area contributed by atoms with Crippen molar-refractivity contribution >= 4 is 11.9 Å². The number of carbonyl (C=O) groups is 2. The summed E-state index contributed by atoms with van der Waals surface area (Å²) in [5.41, 5.74) is 0. The third-order valence-corrected chi connectivity index (χ3v) is 14.3. The van der Waals surface area contributed by atoms with Gasteiger partial charge in [0.25, 0.3) is 0 Å². The molecule has 0 aromatic rings. The first-order chi connectivity index (χ1) is 33.0. The first-order valence-electron chi connectivity index (χ1n) is 30.5. The maximum Gasteiger partial charge on any atom is 0.305 e. The molecule has 0 fully saturated rings. The number of esters is 1. The van der Waals surface area contributed by atoms with Crippen molar-refractivity contribution in [3.8, 4) is 0 Å². The maximum atomic E-state index is 12.5. The molecule has 0 bridgehead atoms. The fourth-order valence-corrected chi connectivity index (χ4v) is 9.64. The Hall–Kier alpha value is -1.40. The quantitative estimate of drug-likeness (QED) is 0.0321. The number of ether oxygens (including phenoxy) is 1. The number of unbranched alkanes of at least 4 members (excludes halogenated alkanes) is 46. The minimum atomic E-state index is -0.848. The second-order valence-electron chi connectivity index (χ2n) is 21.0. The lowest BCUT2D eigenvalue weighted by Crippen LogP contribution is -2.45. The summed E-state index contributed by atoms with van der Waals surface area (Å²) in [6.07, 6.45) is 68.1. The lowest BCUT2D eigenvalue weighted by atomic mass is 10.0. The second-order valence-corrected chi connectivity index (χ2v) is 21.0. The molecule has 0 rings (SSSR count). The normalized spacial score (nSPS) is 12.6. The molecule has 67 heavy (non-hydrogen) atoms. The van der Waals surface area contributed by atoms with Crippen LogP contribution in [0.5, 0.6) is 0 Å². The van der Waals surface area contributed by atoms with Gasteiger partial charge in [-0.2, -0.15) is 0 Å². The van der Waals surface area contributed by atoms with Crippen molar-refractivity contribution in [2.45, 2.75) is 353 Å². The lowest BCUT2D eigenvalue weighted by Gasteiger charge is -2.20. The average Bonchev–Trinajstić information content (AvgIpc) is 3.33. The van der Waals surface area contributed by atoms with Crippen LogP contribution in [0, 0.1) is 0 Å². The van der Waals surface area contributed by atoms with Crippen molar-refractivity contribution in [1.29, 1.82) is 0 Å². The molecule has 1 amide bonds. The van der Waals surface area contributed by atoms with Crippen molar-refractivity contribution in [2.75, 3.05) is 13.2 Å². The van der Waals surface area contributed by atoms with Crippen LogP contribution in [0.15, 0.2) is 12.2 Å². The molecule has 398 valence electrons. The first kappa shape index (κ1) is 65.6. The van der Waals surface area contributed by atoms with E-state index in [1.54, 1.807) is 6.08 Å². The van der Waals surface area contributed by atoms with E-state index in [1.165, 1.54) is 276 Å². The zero-order chi connectivity index (χ0) is 48.6. The van der Waals surface area contributed by atoms with Crippen LogP contribution in [0.1, 0.15) is 341 Å². The zero-order valence-electron chi connectivity index (χ0n) is 45.4. The highest BCUT2D eigenvalue weighted by Gasteiger charge is 2.18. The van der Waals surface area contributed by atoms with Crippen LogP contribution in [0.2, 0.25) is 0 Å². The van der Waals surface area contributed by atoms with Crippen LogP contribution in [0.3, 0.4) is 0 Å². The van der Waals surface area contributed by atoms with Crippen molar-refractivity contribution < 1.29 is 24.5 Å². The summed E-state index contributed by atoms with van der Waals surface area (Å²) in [6.45, 7) is 4.92. The summed E-state index contributed by atoms with van der Waals surface area (Å²) in [7, 11) is 0. The van der Waals surface area contributed by atoms with Crippen LogP contribution >= 0.6 is 0 Å². The third-order valence-electron chi connectivity index (χ3n) is 14.3. The van der Waals surface area contributed by atoms with Gasteiger partial charge >= 0.3 is 5.97 Å². The second kappa shape index (κ2) is 57.2. The van der Waals surface area contributed by atoms with Gasteiger partial charge in [-0.3, -0.25) is 9.59 Å². The van der Waals surface area contributed by atoms with E-state index in [0.29, 0.717) is 19.4 Å². The summed E-state index contributed by atoms with van der Waals surface area (Å²) >= 11 is 0. The smallest absolute Gasteiger partial charge is 0.305 e. The minimum absolute atomic E-state index is 0.00750. The fourth-order valence-electron chi connectivity index (χ4n) is 9.64. The van der Waals surface area contributed by atoms with Crippen molar-refractivity contribution in [1.82, 2.24) is 5.32 Å². The van der Waals surface area contributed by atoms with Crippen molar-refractivity contribution in [2.24, 2.45) is 0 Å². The van der Waals surface area contributed by atoms with Gasteiger partial charge in [0.15, 0.2) is 0 Å². The standard InChI is InChI=1S/C61H119NO5/c1-3-5-7-9-11-13-15-17-19-20-21-23-26-29-33-37-41-45-49-53-59(64)58(57-63)62-60(65)54-50-46-42-38-34-30-27-24-22-25-28-32-36-40-44-48-52-56-67-61(66)55-51-47-43-39-35-31-18-16-14-12-10-8-6-4-2/h49,53,58-59,63-64H,3-48,50-52,54-57H2,1-2H3,(H,62,65)/b53-49+.